The van der Waals surface area contributed by atoms with E-state index in [0.717, 1.165) is 0 Å². The molecule has 0 N–H and O–H groups in total. The minimum absolute atomic E-state index is 0.00630. The zero-order valence-electron chi connectivity index (χ0n) is 7.96. The van der Waals surface area contributed by atoms with Crippen molar-refractivity contribution < 1.29 is 9.59 Å². The third-order valence-electron chi connectivity index (χ3n) is 3.15. The van der Waals surface area contributed by atoms with Crippen LogP contribution < -0.4 is 0 Å². The van der Waals surface area contributed by atoms with Crippen molar-refractivity contribution in [3.8, 4) is 0 Å². The summed E-state index contributed by atoms with van der Waals surface area (Å²) in [7, 11) is 0. The van der Waals surface area contributed by atoms with Crippen LogP contribution in [0.15, 0.2) is 0 Å². The Bertz CT molecular complexity index is 316. The van der Waals surface area contributed by atoms with Crippen LogP contribution in [-0.4, -0.2) is 32.4 Å². The van der Waals surface area contributed by atoms with Crippen LogP contribution in [0.25, 0.3) is 0 Å². The highest BCUT2D eigenvalue weighted by molar-refractivity contribution is 9.25. The Labute approximate surface area is 99.5 Å². The van der Waals surface area contributed by atoms with E-state index < -0.39 is 0 Å². The summed E-state index contributed by atoms with van der Waals surface area (Å²) in [5, 5.41) is 0. The van der Waals surface area contributed by atoms with E-state index in [9.17, 15) is 9.59 Å². The van der Waals surface area contributed by atoms with Crippen LogP contribution in [0, 0.1) is 11.8 Å². The number of hydrogen-bond donors (Lipinski definition) is 0. The zero-order valence-corrected chi connectivity index (χ0v) is 11.1. The van der Waals surface area contributed by atoms with Gasteiger partial charge in [0, 0.05) is 25.3 Å². The van der Waals surface area contributed by atoms with E-state index in [2.05, 4.69) is 31.9 Å². The van der Waals surface area contributed by atoms with Crippen molar-refractivity contribution in [2.75, 3.05) is 6.54 Å². The first kappa shape index (κ1) is 10.6. The topological polar surface area (TPSA) is 37.4 Å². The third-order valence-corrected chi connectivity index (χ3v) is 5.39. The number of Topliss-reactive ketones (excluding diaryl/α,β-unsaturated/α-hetero) is 1. The van der Waals surface area contributed by atoms with Crippen LogP contribution in [0.5, 0.6) is 0 Å². The Balaban J connectivity index is 2.23. The van der Waals surface area contributed by atoms with Gasteiger partial charge in [0.15, 0.2) is 5.78 Å². The maximum atomic E-state index is 11.5. The Morgan fingerprint density at radius 2 is 1.93 bits per heavy atom. The second kappa shape index (κ2) is 3.04. The van der Waals surface area contributed by atoms with Crippen molar-refractivity contribution in [2.24, 2.45) is 11.8 Å². The molecule has 3 nitrogen and oxygen atoms in total. The Morgan fingerprint density at radius 3 is 2.36 bits per heavy atom. The highest BCUT2D eigenvalue weighted by atomic mass is 79.9. The van der Waals surface area contributed by atoms with Crippen molar-refractivity contribution in [1.29, 1.82) is 0 Å². The number of ketones is 1. The highest BCUT2D eigenvalue weighted by Crippen LogP contribution is 2.67. The quantitative estimate of drug-likeness (QED) is 0.686. The van der Waals surface area contributed by atoms with Crippen LogP contribution in [0.3, 0.4) is 0 Å². The monoisotopic (exact) mass is 323 g/mol. The van der Waals surface area contributed by atoms with Crippen molar-refractivity contribution in [3.63, 3.8) is 0 Å². The molecule has 78 valence electrons. The standard InChI is InChI=1S/C9H11Br2NO2/c1-4(13)8-7-6(9(7,10)11)3-12(8)5(2)14/h6-8H,3H2,1-2H3/t6-,7-,8?/m0/s1. The van der Waals surface area contributed by atoms with Gasteiger partial charge < -0.3 is 4.90 Å². The molecule has 2 fully saturated rings. The number of rotatable bonds is 1. The number of hydrogen-bond acceptors (Lipinski definition) is 2. The molecular formula is C9H11Br2NO2. The lowest BCUT2D eigenvalue weighted by molar-refractivity contribution is -0.136. The van der Waals surface area contributed by atoms with Gasteiger partial charge in [0.05, 0.1) is 9.28 Å². The van der Waals surface area contributed by atoms with E-state index in [-0.39, 0.29) is 26.9 Å². The molecule has 0 spiro atoms. The molecule has 1 saturated heterocycles. The van der Waals surface area contributed by atoms with Gasteiger partial charge in [-0.05, 0) is 6.92 Å². The molecule has 1 saturated carbocycles. The number of nitrogens with zero attached hydrogens (tertiary/aromatic N) is 1. The average molecular weight is 325 g/mol. The molecule has 5 heteroatoms. The van der Waals surface area contributed by atoms with Gasteiger partial charge in [-0.15, -0.1) is 0 Å². The van der Waals surface area contributed by atoms with E-state index in [1.807, 2.05) is 0 Å². The molecule has 1 aliphatic heterocycles. The molecule has 14 heavy (non-hydrogen) atoms. The lowest BCUT2D eigenvalue weighted by Gasteiger charge is -2.26. The average Bonchev–Trinajstić information content (AvgIpc) is 2.47. The second-order valence-electron chi connectivity index (χ2n) is 4.03. The van der Waals surface area contributed by atoms with E-state index in [1.54, 1.807) is 11.8 Å². The van der Waals surface area contributed by atoms with Gasteiger partial charge in [-0.1, -0.05) is 31.9 Å². The SMILES string of the molecule is CC(=O)C1[C@@H]2[C@H](CN1C(C)=O)C2(Br)Br. The van der Waals surface area contributed by atoms with Gasteiger partial charge in [-0.3, -0.25) is 9.59 Å². The molecule has 1 aliphatic carbocycles. The molecule has 0 aromatic carbocycles. The minimum atomic E-state index is -0.240. The van der Waals surface area contributed by atoms with Crippen LogP contribution >= 0.6 is 31.9 Å². The predicted molar refractivity (Wildman–Crippen MR) is 59.4 cm³/mol. The van der Waals surface area contributed by atoms with E-state index in [4.69, 9.17) is 0 Å². The van der Waals surface area contributed by atoms with Gasteiger partial charge in [-0.2, -0.15) is 0 Å². The molecular weight excluding hydrogens is 314 g/mol. The van der Waals surface area contributed by atoms with E-state index in [1.165, 1.54) is 6.92 Å². The molecule has 0 aromatic heterocycles. The van der Waals surface area contributed by atoms with E-state index >= 15 is 0 Å². The molecule has 2 aliphatic rings. The fourth-order valence-electron chi connectivity index (χ4n) is 2.40. The number of alkyl halides is 2. The number of carbonyl (C=O) groups excluding carboxylic acids is 2. The van der Waals surface area contributed by atoms with Gasteiger partial charge in [-0.25, -0.2) is 0 Å². The summed E-state index contributed by atoms with van der Waals surface area (Å²) in [5.41, 5.74) is 0. The zero-order chi connectivity index (χ0) is 10.7. The van der Waals surface area contributed by atoms with Gasteiger partial charge in [0.1, 0.15) is 0 Å². The first-order valence-electron chi connectivity index (χ1n) is 4.53. The summed E-state index contributed by atoms with van der Waals surface area (Å²) in [6.07, 6.45) is 0. The van der Waals surface area contributed by atoms with Crippen molar-refractivity contribution >= 4 is 43.6 Å². The second-order valence-corrected chi connectivity index (χ2v) is 7.72. The molecule has 1 unspecified atom stereocenters. The number of amides is 1. The maximum Gasteiger partial charge on any atom is 0.220 e. The van der Waals surface area contributed by atoms with Gasteiger partial charge >= 0.3 is 0 Å². The van der Waals surface area contributed by atoms with Crippen LogP contribution in [-0.2, 0) is 9.59 Å². The number of likely N-dealkylation sites (tertiary alicyclic amines) is 1. The van der Waals surface area contributed by atoms with Crippen LogP contribution in [0.1, 0.15) is 13.8 Å². The van der Waals surface area contributed by atoms with E-state index in [0.29, 0.717) is 12.5 Å². The molecule has 0 aromatic rings. The Kier molecular flexibility index (Phi) is 2.31. The molecule has 0 bridgehead atoms. The minimum Gasteiger partial charge on any atom is -0.332 e. The molecule has 1 heterocycles. The van der Waals surface area contributed by atoms with Gasteiger partial charge in [0.2, 0.25) is 5.91 Å². The Morgan fingerprint density at radius 1 is 1.36 bits per heavy atom. The highest BCUT2D eigenvalue weighted by Gasteiger charge is 2.71. The first-order valence-corrected chi connectivity index (χ1v) is 6.11. The van der Waals surface area contributed by atoms with Crippen molar-refractivity contribution in [1.82, 2.24) is 4.90 Å². The molecule has 0 radical (unpaired) electrons. The Hall–Kier alpha value is 0.1000. The summed E-state index contributed by atoms with van der Waals surface area (Å²) >= 11 is 7.08. The first-order chi connectivity index (χ1) is 6.37. The molecule has 1 amide bonds. The number of fused-ring (bicyclic) bond motifs is 1. The van der Waals surface area contributed by atoms with Crippen LogP contribution in [0.4, 0.5) is 0 Å². The van der Waals surface area contributed by atoms with Crippen molar-refractivity contribution in [3.05, 3.63) is 0 Å². The molecule has 2 rings (SSSR count). The summed E-state index contributed by atoms with van der Waals surface area (Å²) in [6, 6.07) is -0.240. The summed E-state index contributed by atoms with van der Waals surface area (Å²) in [5.74, 6) is 0.686. The summed E-state index contributed by atoms with van der Waals surface area (Å²) in [4.78, 5) is 24.4. The van der Waals surface area contributed by atoms with Crippen LogP contribution in [0.2, 0.25) is 0 Å². The predicted octanol–water partition coefficient (Wildman–Crippen LogP) is 1.54. The lowest BCUT2D eigenvalue weighted by Crippen LogP contribution is -2.43. The number of piperidine rings is 1. The fourth-order valence-corrected chi connectivity index (χ4v) is 4.13. The lowest BCUT2D eigenvalue weighted by atomic mass is 10.1. The number of carbonyl (C=O) groups is 2. The summed E-state index contributed by atoms with van der Waals surface area (Å²) < 4.78 is -0.109. The fraction of sp³-hybridized carbons (Fsp3) is 0.778. The van der Waals surface area contributed by atoms with Gasteiger partial charge in [0.25, 0.3) is 0 Å². The third kappa shape index (κ3) is 1.28. The largest absolute Gasteiger partial charge is 0.332 e. The smallest absolute Gasteiger partial charge is 0.220 e. The molecule has 3 atom stereocenters. The van der Waals surface area contributed by atoms with Crippen molar-refractivity contribution in [2.45, 2.75) is 23.1 Å². The summed E-state index contributed by atoms with van der Waals surface area (Å²) in [6.45, 7) is 3.75. The normalized spacial score (nSPS) is 38.0. The number of halogens is 2. The maximum absolute atomic E-state index is 11.5.